The molecule has 0 aliphatic heterocycles. The van der Waals surface area contributed by atoms with Gasteiger partial charge in [-0.05, 0) is 60.3 Å². The Morgan fingerprint density at radius 2 is 1.89 bits per heavy atom. The lowest BCUT2D eigenvalue weighted by molar-refractivity contribution is -0.131. The smallest absolute Gasteiger partial charge is 0.342 e. The van der Waals surface area contributed by atoms with Crippen LogP contribution in [0, 0.1) is 0 Å². The Balaban J connectivity index is 1.53. The van der Waals surface area contributed by atoms with Gasteiger partial charge >= 0.3 is 5.97 Å². The molecule has 2 N–H and O–H groups in total. The molecule has 0 fully saturated rings. The van der Waals surface area contributed by atoms with Crippen molar-refractivity contribution in [2.75, 3.05) is 0 Å². The SMILES string of the molecule is O=C(O)/C(=C/c1ccc(Sc2ccc(Cl)cc2)o1)Sc1nc2ccccc2[nH]1. The Bertz CT molecular complexity index is 1130. The van der Waals surface area contributed by atoms with E-state index in [2.05, 4.69) is 9.97 Å². The number of hydrogen-bond acceptors (Lipinski definition) is 5. The predicted octanol–water partition coefficient (Wildman–Crippen LogP) is 6.18. The number of rotatable bonds is 6. The van der Waals surface area contributed by atoms with Crippen molar-refractivity contribution in [2.24, 2.45) is 0 Å². The van der Waals surface area contributed by atoms with E-state index in [1.807, 2.05) is 36.4 Å². The van der Waals surface area contributed by atoms with Gasteiger partial charge in [-0.2, -0.15) is 0 Å². The molecule has 4 aromatic rings. The van der Waals surface area contributed by atoms with Crippen LogP contribution in [0.5, 0.6) is 0 Å². The zero-order valence-electron chi connectivity index (χ0n) is 14.3. The Hall–Kier alpha value is -2.61. The van der Waals surface area contributed by atoms with Crippen LogP contribution in [-0.2, 0) is 4.79 Å². The van der Waals surface area contributed by atoms with Gasteiger partial charge in [0.1, 0.15) is 10.7 Å². The summed E-state index contributed by atoms with van der Waals surface area (Å²) in [6.07, 6.45) is 1.49. The predicted molar refractivity (Wildman–Crippen MR) is 112 cm³/mol. The Kier molecular flexibility index (Phi) is 5.47. The number of benzene rings is 2. The minimum atomic E-state index is -1.05. The van der Waals surface area contributed by atoms with Crippen LogP contribution in [0.3, 0.4) is 0 Å². The van der Waals surface area contributed by atoms with Crippen molar-refractivity contribution in [1.82, 2.24) is 9.97 Å². The van der Waals surface area contributed by atoms with Gasteiger partial charge in [0.25, 0.3) is 0 Å². The molecule has 5 nitrogen and oxygen atoms in total. The summed E-state index contributed by atoms with van der Waals surface area (Å²) in [5.41, 5.74) is 1.64. The van der Waals surface area contributed by atoms with Crippen LogP contribution >= 0.6 is 35.1 Å². The van der Waals surface area contributed by atoms with E-state index < -0.39 is 5.97 Å². The molecule has 0 radical (unpaired) electrons. The van der Waals surface area contributed by atoms with E-state index in [1.165, 1.54) is 17.8 Å². The van der Waals surface area contributed by atoms with Gasteiger partial charge in [0, 0.05) is 16.0 Å². The average molecular weight is 429 g/mol. The third-order valence-corrected chi connectivity index (χ3v) is 5.77. The molecule has 2 aromatic heterocycles. The van der Waals surface area contributed by atoms with Crippen molar-refractivity contribution >= 4 is 58.2 Å². The van der Waals surface area contributed by atoms with Crippen molar-refractivity contribution in [1.29, 1.82) is 0 Å². The summed E-state index contributed by atoms with van der Waals surface area (Å²) in [6.45, 7) is 0. The van der Waals surface area contributed by atoms with Gasteiger partial charge in [-0.1, -0.05) is 35.5 Å². The standard InChI is InChI=1S/C20H13ClN2O3S2/c21-12-5-8-14(9-6-12)27-18-10-7-13(26-18)11-17(19(24)25)28-20-22-15-3-1-2-4-16(15)23-20/h1-11H,(H,22,23)(H,24,25)/b17-11-. The van der Waals surface area contributed by atoms with Gasteiger partial charge in [-0.3, -0.25) is 0 Å². The number of aromatic amines is 1. The highest BCUT2D eigenvalue weighted by Gasteiger charge is 2.14. The van der Waals surface area contributed by atoms with Crippen molar-refractivity contribution in [3.8, 4) is 0 Å². The Morgan fingerprint density at radius 3 is 2.64 bits per heavy atom. The number of halogens is 1. The summed E-state index contributed by atoms with van der Waals surface area (Å²) < 4.78 is 5.74. The van der Waals surface area contributed by atoms with E-state index in [0.717, 1.165) is 27.7 Å². The number of aliphatic carboxylic acids is 1. The number of H-pyrrole nitrogens is 1. The molecule has 0 aliphatic rings. The first-order valence-electron chi connectivity index (χ1n) is 8.18. The number of hydrogen-bond donors (Lipinski definition) is 2. The number of para-hydroxylation sites is 2. The maximum absolute atomic E-state index is 11.7. The molecular weight excluding hydrogens is 416 g/mol. The van der Waals surface area contributed by atoms with Crippen molar-refractivity contribution in [3.05, 3.63) is 76.4 Å². The lowest BCUT2D eigenvalue weighted by atomic mass is 10.3. The molecule has 0 bridgehead atoms. The van der Waals surface area contributed by atoms with Crippen LogP contribution in [0.15, 0.2) is 85.1 Å². The van der Waals surface area contributed by atoms with E-state index in [9.17, 15) is 9.90 Å². The normalized spacial score (nSPS) is 11.8. The van der Waals surface area contributed by atoms with Crippen molar-refractivity contribution in [3.63, 3.8) is 0 Å². The van der Waals surface area contributed by atoms with Crippen molar-refractivity contribution < 1.29 is 14.3 Å². The second kappa shape index (κ2) is 8.18. The first-order chi connectivity index (χ1) is 13.6. The third-order valence-electron chi connectivity index (χ3n) is 3.69. The highest BCUT2D eigenvalue weighted by atomic mass is 35.5. The molecule has 0 aliphatic carbocycles. The fraction of sp³-hybridized carbons (Fsp3) is 0. The van der Waals surface area contributed by atoms with Crippen molar-refractivity contribution in [2.45, 2.75) is 15.1 Å². The number of thioether (sulfide) groups is 1. The molecule has 4 rings (SSSR count). The van der Waals surface area contributed by atoms with E-state index in [1.54, 1.807) is 24.3 Å². The summed E-state index contributed by atoms with van der Waals surface area (Å²) in [5.74, 6) is -0.591. The number of aromatic nitrogens is 2. The maximum atomic E-state index is 11.7. The van der Waals surface area contributed by atoms with Crippen LogP contribution in [-0.4, -0.2) is 21.0 Å². The lowest BCUT2D eigenvalue weighted by Crippen LogP contribution is -1.96. The first kappa shape index (κ1) is 18.7. The number of nitrogens with zero attached hydrogens (tertiary/aromatic N) is 1. The number of carbonyl (C=O) groups is 1. The van der Waals surface area contributed by atoms with Crippen LogP contribution < -0.4 is 0 Å². The van der Waals surface area contributed by atoms with Crippen LogP contribution in [0.4, 0.5) is 0 Å². The zero-order valence-corrected chi connectivity index (χ0v) is 16.6. The van der Waals surface area contributed by atoms with Gasteiger partial charge in [-0.25, -0.2) is 9.78 Å². The summed E-state index contributed by atoms with van der Waals surface area (Å²) in [7, 11) is 0. The van der Waals surface area contributed by atoms with E-state index in [-0.39, 0.29) is 4.91 Å². The molecule has 140 valence electrons. The molecule has 2 aromatic carbocycles. The highest BCUT2D eigenvalue weighted by molar-refractivity contribution is 8.04. The minimum absolute atomic E-state index is 0.108. The monoisotopic (exact) mass is 428 g/mol. The number of nitrogens with one attached hydrogen (secondary N) is 1. The topological polar surface area (TPSA) is 79.1 Å². The van der Waals surface area contributed by atoms with Gasteiger partial charge in [0.2, 0.25) is 0 Å². The number of fused-ring (bicyclic) bond motifs is 1. The van der Waals surface area contributed by atoms with E-state index in [4.69, 9.17) is 16.0 Å². The molecule has 0 atom stereocenters. The second-order valence-corrected chi connectivity index (χ2v) is 8.23. The molecule has 0 spiro atoms. The molecule has 8 heteroatoms. The summed E-state index contributed by atoms with van der Waals surface area (Å²) in [6, 6.07) is 18.5. The lowest BCUT2D eigenvalue weighted by Gasteiger charge is -1.99. The van der Waals surface area contributed by atoms with E-state index >= 15 is 0 Å². The third kappa shape index (κ3) is 4.44. The van der Waals surface area contributed by atoms with Gasteiger partial charge in [0.05, 0.1) is 11.0 Å². The number of carboxylic acids is 1. The van der Waals surface area contributed by atoms with E-state index in [0.29, 0.717) is 21.0 Å². The summed E-state index contributed by atoms with van der Waals surface area (Å²) in [4.78, 5) is 20.3. The first-order valence-corrected chi connectivity index (χ1v) is 10.2. The minimum Gasteiger partial charge on any atom is -0.477 e. The van der Waals surface area contributed by atoms with Gasteiger partial charge in [-0.15, -0.1) is 0 Å². The van der Waals surface area contributed by atoms with Gasteiger partial charge < -0.3 is 14.5 Å². The zero-order chi connectivity index (χ0) is 19.5. The average Bonchev–Trinajstić information content (AvgIpc) is 3.29. The second-order valence-electron chi connectivity index (χ2n) is 5.69. The molecular formula is C20H13ClN2O3S2. The molecule has 28 heavy (non-hydrogen) atoms. The molecule has 2 heterocycles. The van der Waals surface area contributed by atoms with Gasteiger partial charge in [0.15, 0.2) is 10.2 Å². The molecule has 0 amide bonds. The fourth-order valence-electron chi connectivity index (χ4n) is 2.43. The van der Waals surface area contributed by atoms with Crippen LogP contribution in [0.25, 0.3) is 17.1 Å². The number of furan rings is 1. The highest BCUT2D eigenvalue weighted by Crippen LogP contribution is 2.32. The van der Waals surface area contributed by atoms with Crippen LogP contribution in [0.1, 0.15) is 5.76 Å². The quantitative estimate of drug-likeness (QED) is 0.282. The largest absolute Gasteiger partial charge is 0.477 e. The van der Waals surface area contributed by atoms with Crippen LogP contribution in [0.2, 0.25) is 5.02 Å². The number of carboxylic acid groups (broad SMARTS) is 1. The fourth-order valence-corrected chi connectivity index (χ4v) is 4.11. The molecule has 0 saturated heterocycles. The summed E-state index contributed by atoms with van der Waals surface area (Å²) >= 11 is 8.37. The Morgan fingerprint density at radius 1 is 1.11 bits per heavy atom. The number of imidazole rings is 1. The summed E-state index contributed by atoms with van der Waals surface area (Å²) in [5, 5.41) is 11.4. The molecule has 0 unspecified atom stereocenters. The molecule has 0 saturated carbocycles. The Labute approximate surface area is 173 Å². The maximum Gasteiger partial charge on any atom is 0.342 e.